The lowest BCUT2D eigenvalue weighted by atomic mass is 9.94. The van der Waals surface area contributed by atoms with Gasteiger partial charge in [-0.15, -0.1) is 0 Å². The molecule has 1 fully saturated rings. The highest BCUT2D eigenvalue weighted by molar-refractivity contribution is 6.32. The third-order valence-electron chi connectivity index (χ3n) is 5.70. The van der Waals surface area contributed by atoms with E-state index >= 15 is 0 Å². The molecule has 0 bridgehead atoms. The molecule has 1 heterocycles. The van der Waals surface area contributed by atoms with Gasteiger partial charge < -0.3 is 9.47 Å². The first-order chi connectivity index (χ1) is 16.2. The van der Waals surface area contributed by atoms with Gasteiger partial charge in [0.05, 0.1) is 20.3 Å². The van der Waals surface area contributed by atoms with Crippen molar-refractivity contribution < 1.29 is 19.1 Å². The van der Waals surface area contributed by atoms with Crippen molar-refractivity contribution in [3.63, 3.8) is 0 Å². The number of carbonyl (C=O) groups excluding carboxylic acids is 2. The molecule has 4 rings (SSSR count). The van der Waals surface area contributed by atoms with Crippen molar-refractivity contribution in [2.24, 2.45) is 0 Å². The summed E-state index contributed by atoms with van der Waals surface area (Å²) in [6.07, 6.45) is 1.45. The van der Waals surface area contributed by atoms with Crippen LogP contribution in [0.2, 0.25) is 0 Å². The van der Waals surface area contributed by atoms with E-state index in [9.17, 15) is 9.59 Å². The summed E-state index contributed by atoms with van der Waals surface area (Å²) in [6, 6.07) is 23.7. The average Bonchev–Trinajstić information content (AvgIpc) is 2.88. The molecule has 1 aliphatic rings. The first kappa shape index (κ1) is 22.6. The third-order valence-corrected chi connectivity index (χ3v) is 5.70. The van der Waals surface area contributed by atoms with Gasteiger partial charge in [0.2, 0.25) is 0 Å². The number of rotatable bonds is 8. The summed E-state index contributed by atoms with van der Waals surface area (Å²) in [5.74, 6) is 0.340. The predicted octanol–water partition coefficient (Wildman–Crippen LogP) is 4.68. The summed E-state index contributed by atoms with van der Waals surface area (Å²) in [4.78, 5) is 28.9. The number of nitrogens with zero attached hydrogens (tertiary/aromatic N) is 1. The quantitative estimate of drug-likeness (QED) is 0.375. The lowest BCUT2D eigenvalue weighted by molar-refractivity contribution is 0.0338. The molecule has 5 nitrogen and oxygen atoms in total. The van der Waals surface area contributed by atoms with Crippen LogP contribution in [-0.4, -0.2) is 49.9 Å². The van der Waals surface area contributed by atoms with Crippen LogP contribution in [0.1, 0.15) is 31.8 Å². The van der Waals surface area contributed by atoms with E-state index < -0.39 is 0 Å². The van der Waals surface area contributed by atoms with E-state index in [-0.39, 0.29) is 11.6 Å². The Morgan fingerprint density at radius 3 is 2.15 bits per heavy atom. The lowest BCUT2D eigenvalue weighted by Gasteiger charge is -2.27. The van der Waals surface area contributed by atoms with Gasteiger partial charge in [0, 0.05) is 41.9 Å². The highest BCUT2D eigenvalue weighted by atomic mass is 16.5. The zero-order valence-electron chi connectivity index (χ0n) is 18.7. The van der Waals surface area contributed by atoms with Crippen molar-refractivity contribution >= 4 is 17.1 Å². The molecule has 0 aromatic heterocycles. The second kappa shape index (κ2) is 10.9. The van der Waals surface area contributed by atoms with E-state index in [0.29, 0.717) is 42.0 Å². The summed E-state index contributed by atoms with van der Waals surface area (Å²) in [5, 5.41) is 0. The molecule has 1 saturated heterocycles. The van der Waals surface area contributed by atoms with Crippen LogP contribution in [0.15, 0.2) is 84.9 Å². The summed E-state index contributed by atoms with van der Waals surface area (Å²) in [7, 11) is 1.63. The van der Waals surface area contributed by atoms with Gasteiger partial charge >= 0.3 is 0 Å². The summed E-state index contributed by atoms with van der Waals surface area (Å²) >= 11 is 0. The number of ether oxygens (including phenoxy) is 2. The van der Waals surface area contributed by atoms with Crippen LogP contribution in [0.4, 0.5) is 0 Å². The van der Waals surface area contributed by atoms with Crippen LogP contribution in [0, 0.1) is 0 Å². The molecular formula is C28H27NO4. The fourth-order valence-corrected chi connectivity index (χ4v) is 3.91. The monoisotopic (exact) mass is 441 g/mol. The van der Waals surface area contributed by atoms with Gasteiger partial charge in [0.25, 0.3) is 0 Å². The zero-order chi connectivity index (χ0) is 23.0. The van der Waals surface area contributed by atoms with Gasteiger partial charge in [0.15, 0.2) is 11.6 Å². The van der Waals surface area contributed by atoms with Crippen molar-refractivity contribution in [2.45, 2.75) is 6.54 Å². The van der Waals surface area contributed by atoms with E-state index in [0.717, 1.165) is 24.4 Å². The molecule has 33 heavy (non-hydrogen) atoms. The van der Waals surface area contributed by atoms with Crippen LogP contribution >= 0.6 is 0 Å². The Labute approximate surface area is 194 Å². The number of allylic oxidation sites excluding steroid dienone is 2. The van der Waals surface area contributed by atoms with Gasteiger partial charge in [-0.05, 0) is 29.8 Å². The van der Waals surface area contributed by atoms with Gasteiger partial charge in [0.1, 0.15) is 5.75 Å². The molecule has 0 spiro atoms. The first-order valence-corrected chi connectivity index (χ1v) is 11.0. The number of hydrogen-bond acceptors (Lipinski definition) is 5. The third kappa shape index (κ3) is 5.64. The van der Waals surface area contributed by atoms with Crippen molar-refractivity contribution in [3.05, 3.63) is 107 Å². The molecule has 5 heteroatoms. The number of Topliss-reactive ketones (excluding diaryl/α,β-unsaturated/α-hetero) is 1. The van der Waals surface area contributed by atoms with E-state index in [4.69, 9.17) is 9.47 Å². The Kier molecular flexibility index (Phi) is 7.45. The van der Waals surface area contributed by atoms with Crippen LogP contribution in [0.3, 0.4) is 0 Å². The lowest BCUT2D eigenvalue weighted by Crippen LogP contribution is -2.35. The minimum absolute atomic E-state index is 0.183. The van der Waals surface area contributed by atoms with Crippen molar-refractivity contribution in [2.75, 3.05) is 33.4 Å². The SMILES string of the molecule is COc1ccc(C(=O)C=C(C(=O)c2ccccc2)c2ccccc2)cc1CN1CCOCC1. The summed E-state index contributed by atoms with van der Waals surface area (Å²) in [5.41, 5.74) is 3.09. The minimum atomic E-state index is -0.219. The molecular weight excluding hydrogens is 414 g/mol. The molecule has 0 aliphatic carbocycles. The normalized spacial score (nSPS) is 14.6. The van der Waals surface area contributed by atoms with Crippen molar-refractivity contribution in [3.8, 4) is 5.75 Å². The Morgan fingerprint density at radius 2 is 1.52 bits per heavy atom. The molecule has 0 unspecified atom stereocenters. The van der Waals surface area contributed by atoms with E-state index in [1.54, 1.807) is 25.3 Å². The molecule has 1 aliphatic heterocycles. The second-order valence-corrected chi connectivity index (χ2v) is 7.90. The molecule has 0 radical (unpaired) electrons. The largest absolute Gasteiger partial charge is 0.496 e. The van der Waals surface area contributed by atoms with E-state index in [1.807, 2.05) is 60.7 Å². The maximum Gasteiger partial charge on any atom is 0.193 e. The van der Waals surface area contributed by atoms with Crippen LogP contribution < -0.4 is 4.74 Å². The first-order valence-electron chi connectivity index (χ1n) is 11.0. The zero-order valence-corrected chi connectivity index (χ0v) is 18.7. The van der Waals surface area contributed by atoms with Crippen LogP contribution in [0.5, 0.6) is 5.75 Å². The maximum absolute atomic E-state index is 13.3. The smallest absolute Gasteiger partial charge is 0.193 e. The minimum Gasteiger partial charge on any atom is -0.496 e. The number of carbonyl (C=O) groups is 2. The highest BCUT2D eigenvalue weighted by Crippen LogP contribution is 2.25. The van der Waals surface area contributed by atoms with Gasteiger partial charge in [-0.3, -0.25) is 14.5 Å². The predicted molar refractivity (Wildman–Crippen MR) is 129 cm³/mol. The molecule has 3 aromatic carbocycles. The van der Waals surface area contributed by atoms with E-state index in [1.165, 1.54) is 6.08 Å². The standard InChI is InChI=1S/C28H27NO4/c1-32-27-13-12-23(18-24(27)20-29-14-16-33-17-15-29)26(30)19-25(21-8-4-2-5-9-21)28(31)22-10-6-3-7-11-22/h2-13,18-19H,14-17,20H2,1H3. The molecule has 0 amide bonds. The maximum atomic E-state index is 13.3. The second-order valence-electron chi connectivity index (χ2n) is 7.90. The highest BCUT2D eigenvalue weighted by Gasteiger charge is 2.18. The fraction of sp³-hybridized carbons (Fsp3) is 0.214. The Bertz CT molecular complexity index is 1130. The van der Waals surface area contributed by atoms with Crippen molar-refractivity contribution in [1.82, 2.24) is 4.90 Å². The van der Waals surface area contributed by atoms with Gasteiger partial charge in [-0.1, -0.05) is 60.7 Å². The molecule has 0 atom stereocenters. The Morgan fingerprint density at radius 1 is 0.879 bits per heavy atom. The number of morpholine rings is 1. The summed E-state index contributed by atoms with van der Waals surface area (Å²) < 4.78 is 11.0. The van der Waals surface area contributed by atoms with E-state index in [2.05, 4.69) is 4.90 Å². The number of methoxy groups -OCH3 is 1. The van der Waals surface area contributed by atoms with Crippen molar-refractivity contribution in [1.29, 1.82) is 0 Å². The number of ketones is 2. The Hall–Kier alpha value is -3.54. The molecule has 3 aromatic rings. The molecule has 168 valence electrons. The number of benzene rings is 3. The number of hydrogen-bond donors (Lipinski definition) is 0. The average molecular weight is 442 g/mol. The molecule has 0 saturated carbocycles. The molecule has 0 N–H and O–H groups in total. The van der Waals surface area contributed by atoms with Gasteiger partial charge in [-0.25, -0.2) is 0 Å². The van der Waals surface area contributed by atoms with Crippen LogP contribution in [0.25, 0.3) is 5.57 Å². The van der Waals surface area contributed by atoms with Gasteiger partial charge in [-0.2, -0.15) is 0 Å². The van der Waals surface area contributed by atoms with Crippen LogP contribution in [-0.2, 0) is 11.3 Å². The summed E-state index contributed by atoms with van der Waals surface area (Å²) in [6.45, 7) is 3.75. The Balaban J connectivity index is 1.67. The fourth-order valence-electron chi connectivity index (χ4n) is 3.91. The topological polar surface area (TPSA) is 55.8 Å².